The summed E-state index contributed by atoms with van der Waals surface area (Å²) in [6.07, 6.45) is 0.0955. The van der Waals surface area contributed by atoms with Gasteiger partial charge in [-0.1, -0.05) is 35.9 Å². The third kappa shape index (κ3) is 3.56. The SMILES string of the molecule is CCOc1ccc(C2CC(=O)N3C(=C2C#N)SCC3(O)c2ccc(C)cc2)cc1OC. The van der Waals surface area contributed by atoms with Gasteiger partial charge in [-0.3, -0.25) is 9.69 Å². The van der Waals surface area contributed by atoms with Crippen molar-refractivity contribution in [2.24, 2.45) is 0 Å². The van der Waals surface area contributed by atoms with Crippen molar-refractivity contribution in [1.82, 2.24) is 4.90 Å². The van der Waals surface area contributed by atoms with Gasteiger partial charge in [0.2, 0.25) is 5.91 Å². The van der Waals surface area contributed by atoms with E-state index >= 15 is 0 Å². The van der Waals surface area contributed by atoms with Crippen LogP contribution < -0.4 is 9.47 Å². The lowest BCUT2D eigenvalue weighted by atomic mass is 9.85. The predicted octanol–water partition coefficient (Wildman–Crippen LogP) is 4.05. The molecule has 6 nitrogen and oxygen atoms in total. The maximum absolute atomic E-state index is 13.3. The molecular formula is C24H24N2O4S. The van der Waals surface area contributed by atoms with Crippen molar-refractivity contribution in [3.8, 4) is 17.6 Å². The highest BCUT2D eigenvalue weighted by Gasteiger charge is 2.51. The molecule has 1 saturated heterocycles. The number of nitrogens with zero attached hydrogens (tertiary/aromatic N) is 2. The molecule has 160 valence electrons. The van der Waals surface area contributed by atoms with Crippen LogP contribution in [0.3, 0.4) is 0 Å². The van der Waals surface area contributed by atoms with Crippen molar-refractivity contribution < 1.29 is 19.4 Å². The van der Waals surface area contributed by atoms with Gasteiger partial charge in [0.05, 0.1) is 36.1 Å². The quantitative estimate of drug-likeness (QED) is 0.762. The summed E-state index contributed by atoms with van der Waals surface area (Å²) in [6, 6.07) is 15.3. The Morgan fingerprint density at radius 3 is 2.65 bits per heavy atom. The van der Waals surface area contributed by atoms with Crippen molar-refractivity contribution in [3.63, 3.8) is 0 Å². The number of carbonyl (C=O) groups excluding carboxylic acids is 1. The lowest BCUT2D eigenvalue weighted by Crippen LogP contribution is -2.48. The molecule has 0 aromatic heterocycles. The van der Waals surface area contributed by atoms with Crippen LogP contribution in [0.2, 0.25) is 0 Å². The number of carbonyl (C=O) groups is 1. The number of aliphatic hydroxyl groups is 1. The summed E-state index contributed by atoms with van der Waals surface area (Å²) >= 11 is 1.34. The number of fused-ring (bicyclic) bond motifs is 1. The molecule has 0 saturated carbocycles. The van der Waals surface area contributed by atoms with Crippen LogP contribution in [0.1, 0.15) is 36.0 Å². The van der Waals surface area contributed by atoms with Crippen LogP contribution in [0, 0.1) is 18.3 Å². The van der Waals surface area contributed by atoms with Gasteiger partial charge in [-0.2, -0.15) is 5.26 Å². The van der Waals surface area contributed by atoms with E-state index in [0.29, 0.717) is 34.3 Å². The summed E-state index contributed by atoms with van der Waals surface area (Å²) < 4.78 is 11.0. The van der Waals surface area contributed by atoms with Gasteiger partial charge in [0.15, 0.2) is 17.2 Å². The van der Waals surface area contributed by atoms with Crippen molar-refractivity contribution in [1.29, 1.82) is 5.26 Å². The van der Waals surface area contributed by atoms with Gasteiger partial charge in [-0.25, -0.2) is 0 Å². The largest absolute Gasteiger partial charge is 0.493 e. The highest BCUT2D eigenvalue weighted by Crippen LogP contribution is 2.52. The van der Waals surface area contributed by atoms with Crippen molar-refractivity contribution in [2.45, 2.75) is 31.9 Å². The predicted molar refractivity (Wildman–Crippen MR) is 119 cm³/mol. The van der Waals surface area contributed by atoms with Gasteiger partial charge in [-0.05, 0) is 31.5 Å². The van der Waals surface area contributed by atoms with Crippen LogP contribution in [-0.4, -0.2) is 35.4 Å². The minimum Gasteiger partial charge on any atom is -0.493 e. The summed E-state index contributed by atoms with van der Waals surface area (Å²) in [4.78, 5) is 14.7. The molecule has 2 unspecified atom stereocenters. The highest BCUT2D eigenvalue weighted by molar-refractivity contribution is 8.03. The fraction of sp³-hybridized carbons (Fsp3) is 0.333. The Hall–Kier alpha value is -2.95. The van der Waals surface area contributed by atoms with Gasteiger partial charge < -0.3 is 14.6 Å². The first-order chi connectivity index (χ1) is 14.9. The fourth-order valence-electron chi connectivity index (χ4n) is 4.12. The molecule has 2 heterocycles. The summed E-state index contributed by atoms with van der Waals surface area (Å²) in [7, 11) is 1.56. The average molecular weight is 437 g/mol. The number of aryl methyl sites for hydroxylation is 1. The molecule has 1 N–H and O–H groups in total. The molecule has 0 aliphatic carbocycles. The van der Waals surface area contributed by atoms with Gasteiger partial charge in [0.25, 0.3) is 0 Å². The summed E-state index contributed by atoms with van der Waals surface area (Å²) in [5, 5.41) is 22.0. The van der Waals surface area contributed by atoms with Gasteiger partial charge in [0, 0.05) is 17.9 Å². The third-order valence-electron chi connectivity index (χ3n) is 5.71. The van der Waals surface area contributed by atoms with E-state index in [4.69, 9.17) is 9.47 Å². The first-order valence-corrected chi connectivity index (χ1v) is 11.1. The second-order valence-corrected chi connectivity index (χ2v) is 8.60. The lowest BCUT2D eigenvalue weighted by molar-refractivity contribution is -0.149. The number of ether oxygens (including phenoxy) is 2. The van der Waals surface area contributed by atoms with Crippen molar-refractivity contribution in [2.75, 3.05) is 19.5 Å². The highest BCUT2D eigenvalue weighted by atomic mass is 32.2. The van der Waals surface area contributed by atoms with Crippen LogP contribution in [-0.2, 0) is 10.5 Å². The smallest absolute Gasteiger partial charge is 0.231 e. The number of benzene rings is 2. The number of hydrogen-bond donors (Lipinski definition) is 1. The number of amides is 1. The Bertz CT molecular complexity index is 1090. The number of thioether (sulfide) groups is 1. The van der Waals surface area contributed by atoms with Crippen LogP contribution in [0.4, 0.5) is 0 Å². The van der Waals surface area contributed by atoms with Crippen LogP contribution in [0.15, 0.2) is 53.1 Å². The Labute approximate surface area is 186 Å². The van der Waals surface area contributed by atoms with Crippen molar-refractivity contribution >= 4 is 17.7 Å². The fourth-order valence-corrected chi connectivity index (χ4v) is 5.48. The third-order valence-corrected chi connectivity index (χ3v) is 6.94. The van der Waals surface area contributed by atoms with E-state index in [1.54, 1.807) is 13.2 Å². The zero-order valence-electron chi connectivity index (χ0n) is 17.7. The zero-order valence-corrected chi connectivity index (χ0v) is 18.5. The lowest BCUT2D eigenvalue weighted by Gasteiger charge is -2.38. The molecule has 1 fully saturated rings. The molecule has 2 aliphatic rings. The Morgan fingerprint density at radius 1 is 1.26 bits per heavy atom. The molecule has 2 aliphatic heterocycles. The summed E-state index contributed by atoms with van der Waals surface area (Å²) in [5.41, 5.74) is 1.55. The first kappa shape index (κ1) is 21.3. The second kappa shape index (κ2) is 8.29. The normalized spacial score (nSPS) is 22.9. The van der Waals surface area contributed by atoms with E-state index in [1.807, 2.05) is 50.2 Å². The zero-order chi connectivity index (χ0) is 22.2. The van der Waals surface area contributed by atoms with E-state index < -0.39 is 11.6 Å². The Balaban J connectivity index is 1.76. The van der Waals surface area contributed by atoms with Gasteiger partial charge >= 0.3 is 0 Å². The molecule has 2 atom stereocenters. The number of methoxy groups -OCH3 is 1. The molecule has 2 aromatic rings. The molecule has 2 aromatic carbocycles. The number of nitriles is 1. The van der Waals surface area contributed by atoms with E-state index in [9.17, 15) is 15.2 Å². The molecule has 0 spiro atoms. The van der Waals surface area contributed by atoms with Crippen molar-refractivity contribution in [3.05, 3.63) is 69.8 Å². The summed E-state index contributed by atoms with van der Waals surface area (Å²) in [6.45, 7) is 4.37. The standard InChI is InChI=1S/C24H24N2O4S/c1-4-30-20-10-7-16(11-21(20)29-3)18-12-22(27)26-23(19(18)13-25)31-14-24(26,28)17-8-5-15(2)6-9-17/h5-11,18,28H,4,12,14H2,1-3H3. The van der Waals surface area contributed by atoms with Crippen LogP contribution in [0.5, 0.6) is 11.5 Å². The maximum Gasteiger partial charge on any atom is 0.231 e. The van der Waals surface area contributed by atoms with Crippen LogP contribution in [0.25, 0.3) is 0 Å². The first-order valence-electron chi connectivity index (χ1n) is 10.1. The molecule has 31 heavy (non-hydrogen) atoms. The van der Waals surface area contributed by atoms with E-state index in [1.165, 1.54) is 16.7 Å². The molecule has 7 heteroatoms. The number of hydrogen-bond acceptors (Lipinski definition) is 6. The number of allylic oxidation sites excluding steroid dienone is 1. The molecule has 1 amide bonds. The van der Waals surface area contributed by atoms with Gasteiger partial charge in [-0.15, -0.1) is 11.8 Å². The Morgan fingerprint density at radius 2 is 2.00 bits per heavy atom. The number of rotatable bonds is 5. The Kier molecular flexibility index (Phi) is 5.69. The molecule has 4 rings (SSSR count). The topological polar surface area (TPSA) is 82.8 Å². The maximum atomic E-state index is 13.3. The molecule has 0 bridgehead atoms. The average Bonchev–Trinajstić information content (AvgIpc) is 3.13. The van der Waals surface area contributed by atoms with Crippen LogP contribution >= 0.6 is 11.8 Å². The summed E-state index contributed by atoms with van der Waals surface area (Å²) in [5.74, 6) is 0.849. The minimum atomic E-state index is -1.46. The van der Waals surface area contributed by atoms with E-state index in [2.05, 4.69) is 6.07 Å². The van der Waals surface area contributed by atoms with E-state index in [0.717, 1.165) is 11.1 Å². The molecular weight excluding hydrogens is 412 g/mol. The van der Waals surface area contributed by atoms with Gasteiger partial charge in [0.1, 0.15) is 0 Å². The molecule has 0 radical (unpaired) electrons. The van der Waals surface area contributed by atoms with E-state index in [-0.39, 0.29) is 18.1 Å². The monoisotopic (exact) mass is 436 g/mol. The minimum absolute atomic E-state index is 0.0955. The second-order valence-electron chi connectivity index (χ2n) is 7.63.